The lowest BCUT2D eigenvalue weighted by molar-refractivity contribution is 0.465. The second kappa shape index (κ2) is 7.28. The standard InChI is InChI=1S/C17H21N7OS/c1-9-6-7-12(8-10(9)2)14-22-23-17(25-14)26-11(3)13-19-15(18)21-16(20-13)24(4)5/h6-8,11H,1-5H3,(H2,18,19,20,21)/t11-/m0/s1. The average Bonchev–Trinajstić information content (AvgIpc) is 3.05. The molecule has 0 aliphatic carbocycles. The molecule has 8 nitrogen and oxygen atoms in total. The molecule has 2 heterocycles. The van der Waals surface area contributed by atoms with E-state index in [2.05, 4.69) is 39.0 Å². The zero-order chi connectivity index (χ0) is 18.8. The van der Waals surface area contributed by atoms with Crippen molar-refractivity contribution in [2.45, 2.75) is 31.2 Å². The van der Waals surface area contributed by atoms with Crippen LogP contribution in [0.15, 0.2) is 27.8 Å². The molecule has 0 aliphatic rings. The lowest BCUT2D eigenvalue weighted by Crippen LogP contribution is -2.16. The maximum Gasteiger partial charge on any atom is 0.277 e. The van der Waals surface area contributed by atoms with E-state index in [4.69, 9.17) is 10.2 Å². The number of rotatable bonds is 5. The van der Waals surface area contributed by atoms with Crippen LogP contribution in [0, 0.1) is 13.8 Å². The van der Waals surface area contributed by atoms with Gasteiger partial charge in [-0.1, -0.05) is 17.8 Å². The number of nitrogens with zero attached hydrogens (tertiary/aromatic N) is 6. The van der Waals surface area contributed by atoms with Gasteiger partial charge in [0, 0.05) is 19.7 Å². The molecule has 1 atom stereocenters. The Bertz CT molecular complexity index is 925. The van der Waals surface area contributed by atoms with Crippen LogP contribution in [0.2, 0.25) is 0 Å². The molecule has 0 unspecified atom stereocenters. The first-order chi connectivity index (χ1) is 12.3. The van der Waals surface area contributed by atoms with Crippen LogP contribution in [0.25, 0.3) is 11.5 Å². The van der Waals surface area contributed by atoms with E-state index < -0.39 is 0 Å². The number of nitrogens with two attached hydrogens (primary N) is 1. The molecule has 1 aromatic carbocycles. The Balaban J connectivity index is 1.79. The van der Waals surface area contributed by atoms with E-state index in [9.17, 15) is 0 Å². The Labute approximate surface area is 156 Å². The number of aryl methyl sites for hydroxylation is 2. The van der Waals surface area contributed by atoms with Crippen molar-refractivity contribution in [3.05, 3.63) is 35.2 Å². The Kier molecular flexibility index (Phi) is 5.08. The molecule has 0 saturated heterocycles. The molecule has 3 aromatic rings. The third kappa shape index (κ3) is 3.93. The van der Waals surface area contributed by atoms with Gasteiger partial charge in [-0.3, -0.25) is 0 Å². The van der Waals surface area contributed by atoms with Crippen molar-refractivity contribution in [3.8, 4) is 11.5 Å². The van der Waals surface area contributed by atoms with Gasteiger partial charge in [0.2, 0.25) is 17.8 Å². The Hall–Kier alpha value is -2.68. The molecule has 26 heavy (non-hydrogen) atoms. The summed E-state index contributed by atoms with van der Waals surface area (Å²) in [5.41, 5.74) is 9.09. The fourth-order valence-electron chi connectivity index (χ4n) is 2.23. The zero-order valence-corrected chi connectivity index (χ0v) is 16.2. The van der Waals surface area contributed by atoms with Crippen LogP contribution < -0.4 is 10.6 Å². The highest BCUT2D eigenvalue weighted by Crippen LogP contribution is 2.34. The minimum absolute atomic E-state index is 0.118. The molecule has 0 radical (unpaired) electrons. The summed E-state index contributed by atoms with van der Waals surface area (Å²) in [4.78, 5) is 14.5. The van der Waals surface area contributed by atoms with Crippen molar-refractivity contribution < 1.29 is 4.42 Å². The summed E-state index contributed by atoms with van der Waals surface area (Å²) in [6.45, 7) is 6.08. The smallest absolute Gasteiger partial charge is 0.277 e. The van der Waals surface area contributed by atoms with Crippen molar-refractivity contribution in [1.82, 2.24) is 25.1 Å². The molecule has 0 bridgehead atoms. The monoisotopic (exact) mass is 371 g/mol. The van der Waals surface area contributed by atoms with Crippen molar-refractivity contribution in [1.29, 1.82) is 0 Å². The summed E-state index contributed by atoms with van der Waals surface area (Å²) in [6.07, 6.45) is 0. The fraction of sp³-hybridized carbons (Fsp3) is 0.353. The third-order valence-corrected chi connectivity index (χ3v) is 4.79. The van der Waals surface area contributed by atoms with Gasteiger partial charge in [0.15, 0.2) is 0 Å². The van der Waals surface area contributed by atoms with E-state index in [1.165, 1.54) is 22.9 Å². The summed E-state index contributed by atoms with van der Waals surface area (Å²) in [6, 6.07) is 6.06. The topological polar surface area (TPSA) is 107 Å². The zero-order valence-electron chi connectivity index (χ0n) is 15.4. The van der Waals surface area contributed by atoms with Gasteiger partial charge in [-0.15, -0.1) is 10.2 Å². The number of hydrogen-bond acceptors (Lipinski definition) is 9. The number of hydrogen-bond donors (Lipinski definition) is 1. The van der Waals surface area contributed by atoms with Crippen LogP contribution in [-0.4, -0.2) is 39.2 Å². The van der Waals surface area contributed by atoms with E-state index >= 15 is 0 Å². The summed E-state index contributed by atoms with van der Waals surface area (Å²) in [5, 5.41) is 8.60. The number of nitrogen functional groups attached to an aromatic ring is 1. The van der Waals surface area contributed by atoms with Crippen LogP contribution >= 0.6 is 11.8 Å². The molecule has 9 heteroatoms. The van der Waals surface area contributed by atoms with Gasteiger partial charge >= 0.3 is 0 Å². The molecule has 0 fully saturated rings. The fourth-order valence-corrected chi connectivity index (χ4v) is 2.96. The summed E-state index contributed by atoms with van der Waals surface area (Å²) >= 11 is 1.38. The lowest BCUT2D eigenvalue weighted by atomic mass is 10.1. The highest BCUT2D eigenvalue weighted by atomic mass is 32.2. The highest BCUT2D eigenvalue weighted by molar-refractivity contribution is 7.99. The largest absolute Gasteiger partial charge is 0.411 e. The molecular weight excluding hydrogens is 350 g/mol. The van der Waals surface area contributed by atoms with E-state index in [0.717, 1.165) is 5.56 Å². The summed E-state index contributed by atoms with van der Waals surface area (Å²) in [5.74, 6) is 1.76. The minimum Gasteiger partial charge on any atom is -0.411 e. The summed E-state index contributed by atoms with van der Waals surface area (Å²) < 4.78 is 5.79. The van der Waals surface area contributed by atoms with E-state index in [0.29, 0.717) is 22.9 Å². The van der Waals surface area contributed by atoms with Gasteiger partial charge < -0.3 is 15.1 Å². The second-order valence-corrected chi connectivity index (χ2v) is 7.47. The van der Waals surface area contributed by atoms with Crippen LogP contribution in [0.1, 0.15) is 29.1 Å². The predicted molar refractivity (Wildman–Crippen MR) is 102 cm³/mol. The molecule has 2 N–H and O–H groups in total. The highest BCUT2D eigenvalue weighted by Gasteiger charge is 2.18. The first-order valence-electron chi connectivity index (χ1n) is 8.10. The Morgan fingerprint density at radius 1 is 1.08 bits per heavy atom. The van der Waals surface area contributed by atoms with Crippen LogP contribution in [0.3, 0.4) is 0 Å². The third-order valence-electron chi connectivity index (χ3n) is 3.86. The second-order valence-electron chi connectivity index (χ2n) is 6.18. The van der Waals surface area contributed by atoms with Crippen molar-refractivity contribution >= 4 is 23.7 Å². The first kappa shape index (κ1) is 18.1. The van der Waals surface area contributed by atoms with Gasteiger partial charge in [-0.2, -0.15) is 15.0 Å². The Morgan fingerprint density at radius 2 is 1.85 bits per heavy atom. The number of benzene rings is 1. The molecular formula is C17H21N7OS. The van der Waals surface area contributed by atoms with E-state index in [1.807, 2.05) is 39.2 Å². The van der Waals surface area contributed by atoms with Gasteiger partial charge in [0.1, 0.15) is 5.82 Å². The molecule has 3 rings (SSSR count). The van der Waals surface area contributed by atoms with Gasteiger partial charge in [-0.05, 0) is 44.0 Å². The lowest BCUT2D eigenvalue weighted by Gasteiger charge is -2.13. The van der Waals surface area contributed by atoms with Crippen molar-refractivity contribution in [2.24, 2.45) is 0 Å². The first-order valence-corrected chi connectivity index (χ1v) is 8.98. The predicted octanol–water partition coefficient (Wildman–Crippen LogP) is 3.04. The quantitative estimate of drug-likeness (QED) is 0.677. The van der Waals surface area contributed by atoms with Crippen LogP contribution in [0.4, 0.5) is 11.9 Å². The molecule has 0 spiro atoms. The maximum atomic E-state index is 5.79. The average molecular weight is 371 g/mol. The molecule has 0 amide bonds. The molecule has 0 saturated carbocycles. The number of aromatic nitrogens is 5. The summed E-state index contributed by atoms with van der Waals surface area (Å²) in [7, 11) is 3.70. The normalized spacial score (nSPS) is 12.2. The molecule has 2 aromatic heterocycles. The molecule has 136 valence electrons. The Morgan fingerprint density at radius 3 is 2.54 bits per heavy atom. The van der Waals surface area contributed by atoms with Crippen LogP contribution in [-0.2, 0) is 0 Å². The van der Waals surface area contributed by atoms with Crippen molar-refractivity contribution in [3.63, 3.8) is 0 Å². The SMILES string of the molecule is Cc1ccc(-c2nnc(S[C@@H](C)c3nc(N)nc(N(C)C)n3)o2)cc1C. The molecule has 0 aliphatic heterocycles. The number of anilines is 2. The van der Waals surface area contributed by atoms with Crippen LogP contribution in [0.5, 0.6) is 0 Å². The van der Waals surface area contributed by atoms with E-state index in [-0.39, 0.29) is 11.2 Å². The van der Waals surface area contributed by atoms with Gasteiger partial charge in [-0.25, -0.2) is 0 Å². The maximum absolute atomic E-state index is 5.79. The van der Waals surface area contributed by atoms with Gasteiger partial charge in [0.05, 0.1) is 5.25 Å². The number of thioether (sulfide) groups is 1. The van der Waals surface area contributed by atoms with E-state index in [1.54, 1.807) is 4.90 Å². The van der Waals surface area contributed by atoms with Gasteiger partial charge in [0.25, 0.3) is 5.22 Å². The minimum atomic E-state index is -0.118. The van der Waals surface area contributed by atoms with Crippen molar-refractivity contribution in [2.75, 3.05) is 24.7 Å².